The molecule has 0 amide bonds. The molecule has 2 nitrogen and oxygen atoms in total. The highest BCUT2D eigenvalue weighted by molar-refractivity contribution is 5.60. The normalized spacial score (nSPS) is 27.2. The summed E-state index contributed by atoms with van der Waals surface area (Å²) in [5, 5.41) is 7.15. The van der Waals surface area contributed by atoms with Crippen LogP contribution >= 0.6 is 0 Å². The Morgan fingerprint density at radius 1 is 1.04 bits per heavy atom. The van der Waals surface area contributed by atoms with Gasteiger partial charge in [0.25, 0.3) is 0 Å². The molecule has 0 spiro atoms. The van der Waals surface area contributed by atoms with Crippen molar-refractivity contribution < 1.29 is 13.2 Å². The van der Waals surface area contributed by atoms with Gasteiger partial charge in [-0.1, -0.05) is 44.2 Å². The van der Waals surface area contributed by atoms with Gasteiger partial charge in [0.05, 0.1) is 11.6 Å². The SMILES string of the molecule is CC(C)NC1CC[C@@H]2C1c1cc(C(F)(F)F)ccc1N[C@@H]2c1ccccc1. The van der Waals surface area contributed by atoms with Crippen LogP contribution in [-0.4, -0.2) is 12.1 Å². The Morgan fingerprint density at radius 3 is 2.44 bits per heavy atom. The largest absolute Gasteiger partial charge is 0.416 e. The van der Waals surface area contributed by atoms with Crippen molar-refractivity contribution in [3.63, 3.8) is 0 Å². The van der Waals surface area contributed by atoms with Gasteiger partial charge in [0.2, 0.25) is 0 Å². The highest BCUT2D eigenvalue weighted by atomic mass is 19.4. The summed E-state index contributed by atoms with van der Waals surface area (Å²) in [5.74, 6) is 0.357. The second-order valence-electron chi connectivity index (χ2n) is 8.03. The molecule has 1 aliphatic heterocycles. The summed E-state index contributed by atoms with van der Waals surface area (Å²) in [6.07, 6.45) is -2.34. The predicted octanol–water partition coefficient (Wildman–Crippen LogP) is 5.73. The van der Waals surface area contributed by atoms with Crippen molar-refractivity contribution in [1.29, 1.82) is 0 Å². The molecule has 0 aromatic heterocycles. The van der Waals surface area contributed by atoms with E-state index in [9.17, 15) is 13.2 Å². The summed E-state index contributed by atoms with van der Waals surface area (Å²) in [6.45, 7) is 4.19. The van der Waals surface area contributed by atoms with Gasteiger partial charge in [-0.3, -0.25) is 0 Å². The lowest BCUT2D eigenvalue weighted by Crippen LogP contribution is -2.41. The standard InChI is InChI=1S/C22H25F3N2/c1-13(2)26-19-11-9-16-20(19)17-12-15(22(23,24)25)8-10-18(17)27-21(16)14-6-4-3-5-7-14/h3-8,10,12-13,16,19-21,26-27H,9,11H2,1-2H3/t16-,19?,20?,21-/m1/s1. The number of nitrogens with one attached hydrogen (secondary N) is 2. The van der Waals surface area contributed by atoms with E-state index < -0.39 is 11.7 Å². The molecule has 1 fully saturated rings. The van der Waals surface area contributed by atoms with Crippen molar-refractivity contribution in [3.8, 4) is 0 Å². The van der Waals surface area contributed by atoms with Crippen LogP contribution in [0.1, 0.15) is 55.3 Å². The van der Waals surface area contributed by atoms with E-state index in [0.717, 1.165) is 24.1 Å². The van der Waals surface area contributed by atoms with E-state index in [1.165, 1.54) is 17.7 Å². The maximum atomic E-state index is 13.3. The molecule has 27 heavy (non-hydrogen) atoms. The number of halogens is 3. The van der Waals surface area contributed by atoms with Gasteiger partial charge < -0.3 is 10.6 Å². The van der Waals surface area contributed by atoms with Crippen LogP contribution in [0.5, 0.6) is 0 Å². The van der Waals surface area contributed by atoms with E-state index in [2.05, 4.69) is 36.6 Å². The first-order valence-electron chi connectivity index (χ1n) is 9.63. The van der Waals surface area contributed by atoms with Crippen LogP contribution < -0.4 is 10.6 Å². The Bertz CT molecular complexity index is 801. The summed E-state index contributed by atoms with van der Waals surface area (Å²) < 4.78 is 39.9. The molecule has 2 aliphatic rings. The summed E-state index contributed by atoms with van der Waals surface area (Å²) in [5.41, 5.74) is 2.27. The smallest absolute Gasteiger partial charge is 0.378 e. The minimum Gasteiger partial charge on any atom is -0.378 e. The molecule has 0 saturated heterocycles. The first-order chi connectivity index (χ1) is 12.8. The van der Waals surface area contributed by atoms with E-state index in [0.29, 0.717) is 6.04 Å². The lowest BCUT2D eigenvalue weighted by molar-refractivity contribution is -0.137. The summed E-state index contributed by atoms with van der Waals surface area (Å²) in [6, 6.07) is 15.0. The minimum atomic E-state index is -4.32. The maximum absolute atomic E-state index is 13.3. The lowest BCUT2D eigenvalue weighted by Gasteiger charge is -2.40. The number of hydrogen-bond donors (Lipinski definition) is 2. The quantitative estimate of drug-likeness (QED) is 0.717. The first-order valence-corrected chi connectivity index (χ1v) is 9.63. The van der Waals surface area contributed by atoms with Crippen molar-refractivity contribution in [1.82, 2.24) is 5.32 Å². The average molecular weight is 374 g/mol. The molecule has 0 bridgehead atoms. The molecule has 2 unspecified atom stereocenters. The van der Waals surface area contributed by atoms with Crippen LogP contribution in [0.25, 0.3) is 0 Å². The minimum absolute atomic E-state index is 0.0798. The molecule has 1 saturated carbocycles. The van der Waals surface area contributed by atoms with Crippen molar-refractivity contribution in [2.45, 2.75) is 56.9 Å². The predicted molar refractivity (Wildman–Crippen MR) is 102 cm³/mol. The van der Waals surface area contributed by atoms with Gasteiger partial charge in [-0.15, -0.1) is 0 Å². The third kappa shape index (κ3) is 3.45. The van der Waals surface area contributed by atoms with Gasteiger partial charge in [0, 0.05) is 23.7 Å². The average Bonchev–Trinajstić information content (AvgIpc) is 3.04. The fraction of sp³-hybridized carbons (Fsp3) is 0.455. The van der Waals surface area contributed by atoms with Crippen molar-refractivity contribution >= 4 is 5.69 Å². The number of anilines is 1. The van der Waals surface area contributed by atoms with Gasteiger partial charge in [-0.25, -0.2) is 0 Å². The molecule has 4 rings (SSSR count). The molecular weight excluding hydrogens is 349 g/mol. The Balaban J connectivity index is 1.79. The third-order valence-corrected chi connectivity index (χ3v) is 5.89. The number of benzene rings is 2. The molecule has 1 aliphatic carbocycles. The number of rotatable bonds is 3. The van der Waals surface area contributed by atoms with Gasteiger partial charge in [-0.2, -0.15) is 13.2 Å². The zero-order valence-corrected chi connectivity index (χ0v) is 15.6. The van der Waals surface area contributed by atoms with Gasteiger partial charge in [0.15, 0.2) is 0 Å². The molecule has 2 N–H and O–H groups in total. The zero-order chi connectivity index (χ0) is 19.2. The van der Waals surface area contributed by atoms with Crippen LogP contribution in [0, 0.1) is 5.92 Å². The van der Waals surface area contributed by atoms with Crippen molar-refractivity contribution in [2.24, 2.45) is 5.92 Å². The Hall–Kier alpha value is -2.01. The summed E-state index contributed by atoms with van der Waals surface area (Å²) in [4.78, 5) is 0. The summed E-state index contributed by atoms with van der Waals surface area (Å²) in [7, 11) is 0. The number of alkyl halides is 3. The second-order valence-corrected chi connectivity index (χ2v) is 8.03. The highest BCUT2D eigenvalue weighted by Crippen LogP contribution is 2.53. The topological polar surface area (TPSA) is 24.1 Å². The van der Waals surface area contributed by atoms with E-state index >= 15 is 0 Å². The van der Waals surface area contributed by atoms with E-state index in [4.69, 9.17) is 0 Å². The molecule has 4 atom stereocenters. The molecule has 1 heterocycles. The molecular formula is C22H25F3N2. The molecule has 5 heteroatoms. The molecule has 2 aromatic rings. The maximum Gasteiger partial charge on any atom is 0.416 e. The van der Waals surface area contributed by atoms with Crippen molar-refractivity contribution in [2.75, 3.05) is 5.32 Å². The lowest BCUT2D eigenvalue weighted by atomic mass is 9.75. The van der Waals surface area contributed by atoms with Crippen LogP contribution in [-0.2, 0) is 6.18 Å². The third-order valence-electron chi connectivity index (χ3n) is 5.89. The Kier molecular flexibility index (Phi) is 4.66. The monoisotopic (exact) mass is 374 g/mol. The fourth-order valence-corrected chi connectivity index (χ4v) is 4.88. The zero-order valence-electron chi connectivity index (χ0n) is 15.6. The number of hydrogen-bond acceptors (Lipinski definition) is 2. The van der Waals surface area contributed by atoms with E-state index in [-0.39, 0.29) is 23.9 Å². The van der Waals surface area contributed by atoms with Gasteiger partial charge >= 0.3 is 6.18 Å². The van der Waals surface area contributed by atoms with Crippen molar-refractivity contribution in [3.05, 3.63) is 65.2 Å². The van der Waals surface area contributed by atoms with Gasteiger partial charge in [0.1, 0.15) is 0 Å². The van der Waals surface area contributed by atoms with E-state index in [1.807, 2.05) is 18.2 Å². The summed E-state index contributed by atoms with van der Waals surface area (Å²) >= 11 is 0. The van der Waals surface area contributed by atoms with Crippen LogP contribution in [0.2, 0.25) is 0 Å². The van der Waals surface area contributed by atoms with Crippen LogP contribution in [0.3, 0.4) is 0 Å². The Labute approximate surface area is 158 Å². The molecule has 2 aromatic carbocycles. The van der Waals surface area contributed by atoms with E-state index in [1.54, 1.807) is 6.07 Å². The molecule has 0 radical (unpaired) electrons. The fourth-order valence-electron chi connectivity index (χ4n) is 4.88. The number of fused-ring (bicyclic) bond motifs is 3. The highest BCUT2D eigenvalue weighted by Gasteiger charge is 2.46. The van der Waals surface area contributed by atoms with Gasteiger partial charge in [-0.05, 0) is 48.1 Å². The first kappa shape index (κ1) is 18.4. The second kappa shape index (κ2) is 6.86. The van der Waals surface area contributed by atoms with Crippen LogP contribution in [0.4, 0.5) is 18.9 Å². The van der Waals surface area contributed by atoms with Crippen LogP contribution in [0.15, 0.2) is 48.5 Å². The molecule has 144 valence electrons. The Morgan fingerprint density at radius 2 is 1.78 bits per heavy atom.